The first-order valence-corrected chi connectivity index (χ1v) is 5.70. The minimum Gasteiger partial charge on any atom is -0.480 e. The molecule has 1 unspecified atom stereocenters. The van der Waals surface area contributed by atoms with Crippen molar-refractivity contribution < 1.29 is 9.90 Å². The molecule has 0 amide bonds. The molecule has 16 heavy (non-hydrogen) atoms. The van der Waals surface area contributed by atoms with Gasteiger partial charge in [0, 0.05) is 31.7 Å². The summed E-state index contributed by atoms with van der Waals surface area (Å²) in [4.78, 5) is 15.5. The van der Waals surface area contributed by atoms with Gasteiger partial charge in [0.15, 0.2) is 0 Å². The molecule has 5 heteroatoms. The Morgan fingerprint density at radius 1 is 1.50 bits per heavy atom. The SMILES string of the molecule is CNC(CN1CCN(C)C(C)(C)C1)C(=O)O. The van der Waals surface area contributed by atoms with Crippen LogP contribution < -0.4 is 5.32 Å². The van der Waals surface area contributed by atoms with Crippen molar-refractivity contribution >= 4 is 5.97 Å². The van der Waals surface area contributed by atoms with E-state index in [1.54, 1.807) is 7.05 Å². The van der Waals surface area contributed by atoms with E-state index in [0.717, 1.165) is 19.6 Å². The molecule has 5 nitrogen and oxygen atoms in total. The number of hydrogen-bond acceptors (Lipinski definition) is 4. The maximum absolute atomic E-state index is 10.9. The highest BCUT2D eigenvalue weighted by Gasteiger charge is 2.32. The second-order valence-electron chi connectivity index (χ2n) is 5.15. The molecule has 1 fully saturated rings. The van der Waals surface area contributed by atoms with Gasteiger partial charge in [-0.2, -0.15) is 0 Å². The van der Waals surface area contributed by atoms with Crippen LogP contribution in [-0.4, -0.2) is 72.7 Å². The Bertz CT molecular complexity index is 256. The number of likely N-dealkylation sites (N-methyl/N-ethyl adjacent to an activating group) is 2. The fourth-order valence-corrected chi connectivity index (χ4v) is 2.05. The normalized spacial score (nSPS) is 24.2. The van der Waals surface area contributed by atoms with E-state index < -0.39 is 12.0 Å². The number of piperazine rings is 1. The third-order valence-corrected chi connectivity index (χ3v) is 3.48. The van der Waals surface area contributed by atoms with Gasteiger partial charge >= 0.3 is 5.97 Å². The molecule has 0 spiro atoms. The van der Waals surface area contributed by atoms with Gasteiger partial charge < -0.3 is 10.4 Å². The molecule has 1 aliphatic heterocycles. The van der Waals surface area contributed by atoms with Crippen molar-refractivity contribution in [1.82, 2.24) is 15.1 Å². The molecule has 1 aliphatic rings. The van der Waals surface area contributed by atoms with Crippen LogP contribution in [0.25, 0.3) is 0 Å². The van der Waals surface area contributed by atoms with Crippen LogP contribution in [0.3, 0.4) is 0 Å². The van der Waals surface area contributed by atoms with E-state index >= 15 is 0 Å². The number of aliphatic carboxylic acids is 1. The van der Waals surface area contributed by atoms with Crippen LogP contribution in [-0.2, 0) is 4.79 Å². The predicted octanol–water partition coefficient (Wildman–Crippen LogP) is -0.315. The summed E-state index contributed by atoms with van der Waals surface area (Å²) >= 11 is 0. The van der Waals surface area contributed by atoms with Crippen LogP contribution in [0.2, 0.25) is 0 Å². The van der Waals surface area contributed by atoms with E-state index in [2.05, 4.69) is 36.0 Å². The lowest BCUT2D eigenvalue weighted by atomic mass is 9.99. The van der Waals surface area contributed by atoms with Crippen molar-refractivity contribution in [1.29, 1.82) is 0 Å². The highest BCUT2D eigenvalue weighted by molar-refractivity contribution is 5.73. The fourth-order valence-electron chi connectivity index (χ4n) is 2.05. The summed E-state index contributed by atoms with van der Waals surface area (Å²) in [5.74, 6) is -0.778. The Kier molecular flexibility index (Phi) is 4.29. The van der Waals surface area contributed by atoms with Gasteiger partial charge in [-0.25, -0.2) is 0 Å². The molecule has 0 bridgehead atoms. The maximum Gasteiger partial charge on any atom is 0.322 e. The second-order valence-corrected chi connectivity index (χ2v) is 5.15. The zero-order valence-corrected chi connectivity index (χ0v) is 10.7. The van der Waals surface area contributed by atoms with Crippen LogP contribution in [0.15, 0.2) is 0 Å². The maximum atomic E-state index is 10.9. The molecule has 1 heterocycles. The minimum atomic E-state index is -0.778. The molecule has 0 aromatic rings. The van der Waals surface area contributed by atoms with Crippen LogP contribution >= 0.6 is 0 Å². The molecule has 2 N–H and O–H groups in total. The molecule has 1 saturated heterocycles. The van der Waals surface area contributed by atoms with E-state index in [1.807, 2.05) is 0 Å². The summed E-state index contributed by atoms with van der Waals surface area (Å²) < 4.78 is 0. The van der Waals surface area contributed by atoms with Crippen molar-refractivity contribution in [3.63, 3.8) is 0 Å². The number of hydrogen-bond donors (Lipinski definition) is 2. The van der Waals surface area contributed by atoms with Gasteiger partial charge in [0.1, 0.15) is 6.04 Å². The van der Waals surface area contributed by atoms with Crippen LogP contribution in [0.5, 0.6) is 0 Å². The molecule has 0 radical (unpaired) electrons. The number of rotatable bonds is 4. The number of nitrogens with zero attached hydrogens (tertiary/aromatic N) is 2. The molecular formula is C11H23N3O2. The zero-order chi connectivity index (χ0) is 12.3. The lowest BCUT2D eigenvalue weighted by molar-refractivity contribution is -0.140. The lowest BCUT2D eigenvalue weighted by Crippen LogP contribution is -2.60. The van der Waals surface area contributed by atoms with E-state index in [1.165, 1.54) is 0 Å². The first kappa shape index (κ1) is 13.4. The average Bonchev–Trinajstić information content (AvgIpc) is 2.19. The number of carboxylic acids is 1. The van der Waals surface area contributed by atoms with E-state index in [9.17, 15) is 4.79 Å². The Balaban J connectivity index is 2.53. The monoisotopic (exact) mass is 229 g/mol. The summed E-state index contributed by atoms with van der Waals surface area (Å²) in [7, 11) is 3.81. The molecule has 1 rings (SSSR count). The van der Waals surface area contributed by atoms with Gasteiger partial charge in [-0.15, -0.1) is 0 Å². The Morgan fingerprint density at radius 3 is 2.56 bits per heavy atom. The number of nitrogens with one attached hydrogen (secondary N) is 1. The van der Waals surface area contributed by atoms with Crippen LogP contribution in [0.4, 0.5) is 0 Å². The minimum absolute atomic E-state index is 0.120. The molecule has 0 saturated carbocycles. The van der Waals surface area contributed by atoms with Gasteiger partial charge in [-0.3, -0.25) is 14.6 Å². The second kappa shape index (κ2) is 5.12. The Labute approximate surface area is 97.4 Å². The molecule has 0 aromatic carbocycles. The highest BCUT2D eigenvalue weighted by Crippen LogP contribution is 2.18. The average molecular weight is 229 g/mol. The van der Waals surface area contributed by atoms with Gasteiger partial charge in [-0.05, 0) is 27.9 Å². The van der Waals surface area contributed by atoms with Crippen molar-refractivity contribution in [3.8, 4) is 0 Å². The topological polar surface area (TPSA) is 55.8 Å². The summed E-state index contributed by atoms with van der Waals surface area (Å²) in [5.41, 5.74) is 0.120. The van der Waals surface area contributed by atoms with E-state index in [0.29, 0.717) is 6.54 Å². The van der Waals surface area contributed by atoms with Gasteiger partial charge in [0.05, 0.1) is 0 Å². The molecule has 94 valence electrons. The van der Waals surface area contributed by atoms with Gasteiger partial charge in [0.2, 0.25) is 0 Å². The third-order valence-electron chi connectivity index (χ3n) is 3.48. The molecule has 0 aliphatic carbocycles. The molecular weight excluding hydrogens is 206 g/mol. The highest BCUT2D eigenvalue weighted by atomic mass is 16.4. The van der Waals surface area contributed by atoms with Crippen molar-refractivity contribution in [2.24, 2.45) is 0 Å². The summed E-state index contributed by atoms with van der Waals surface area (Å²) in [5, 5.41) is 11.8. The molecule has 0 aromatic heterocycles. The summed E-state index contributed by atoms with van der Waals surface area (Å²) in [6, 6.07) is -0.473. The Morgan fingerprint density at radius 2 is 2.12 bits per heavy atom. The van der Waals surface area contributed by atoms with E-state index in [4.69, 9.17) is 5.11 Å². The zero-order valence-electron chi connectivity index (χ0n) is 10.7. The number of carbonyl (C=O) groups is 1. The summed E-state index contributed by atoms with van der Waals surface area (Å²) in [6.07, 6.45) is 0. The van der Waals surface area contributed by atoms with Crippen LogP contribution in [0, 0.1) is 0 Å². The predicted molar refractivity (Wildman–Crippen MR) is 63.6 cm³/mol. The fraction of sp³-hybridized carbons (Fsp3) is 0.909. The smallest absolute Gasteiger partial charge is 0.322 e. The largest absolute Gasteiger partial charge is 0.480 e. The first-order chi connectivity index (χ1) is 7.36. The molecule has 1 atom stereocenters. The van der Waals surface area contributed by atoms with Crippen LogP contribution in [0.1, 0.15) is 13.8 Å². The van der Waals surface area contributed by atoms with Crippen molar-refractivity contribution in [2.45, 2.75) is 25.4 Å². The van der Waals surface area contributed by atoms with Crippen molar-refractivity contribution in [3.05, 3.63) is 0 Å². The quantitative estimate of drug-likeness (QED) is 0.692. The third kappa shape index (κ3) is 3.17. The first-order valence-electron chi connectivity index (χ1n) is 5.70. The summed E-state index contributed by atoms with van der Waals surface area (Å²) in [6.45, 7) is 7.79. The Hall–Kier alpha value is -0.650. The standard InChI is InChI=1S/C11H23N3O2/c1-11(2)8-14(6-5-13(11)4)7-9(12-3)10(15)16/h9,12H,5-8H2,1-4H3,(H,15,16). The number of carboxylic acid groups (broad SMARTS) is 1. The van der Waals surface area contributed by atoms with Gasteiger partial charge in [-0.1, -0.05) is 0 Å². The van der Waals surface area contributed by atoms with Gasteiger partial charge in [0.25, 0.3) is 0 Å². The van der Waals surface area contributed by atoms with Crippen molar-refractivity contribution in [2.75, 3.05) is 40.3 Å². The van der Waals surface area contributed by atoms with E-state index in [-0.39, 0.29) is 5.54 Å². The lowest BCUT2D eigenvalue weighted by Gasteiger charge is -2.45.